The van der Waals surface area contributed by atoms with Gasteiger partial charge in [0.05, 0.1) is 41.8 Å². The first-order chi connectivity index (χ1) is 11.1. The van der Waals surface area contributed by atoms with Crippen molar-refractivity contribution in [1.82, 2.24) is 18.9 Å². The van der Waals surface area contributed by atoms with Gasteiger partial charge in [-0.2, -0.15) is 0 Å². The fourth-order valence-electron chi connectivity index (χ4n) is 3.13. The predicted octanol–water partition coefficient (Wildman–Crippen LogP) is 1.54. The predicted molar refractivity (Wildman–Crippen MR) is 74.2 cm³/mol. The lowest BCUT2D eigenvalue weighted by molar-refractivity contribution is -0.648. The molecule has 4 aromatic rings. The molecule has 5 nitrogen and oxygen atoms in total. The normalized spacial score (nSPS) is 15.9. The maximum Gasteiger partial charge on any atom is 0.273 e. The maximum atomic E-state index is 8.00. The van der Waals surface area contributed by atoms with E-state index in [4.69, 9.17) is 4.11 Å². The molecular weight excluding hydrogens is 250 g/mol. The van der Waals surface area contributed by atoms with Crippen LogP contribution in [0.1, 0.15) is 9.68 Å². The second-order valence-corrected chi connectivity index (χ2v) is 5.00. The third-order valence-electron chi connectivity index (χ3n) is 3.97. The van der Waals surface area contributed by atoms with Gasteiger partial charge < -0.3 is 0 Å². The number of hydrogen-bond donors (Lipinski definition) is 0. The summed E-state index contributed by atoms with van der Waals surface area (Å²) in [6.07, 6.45) is 8.80. The fraction of sp³-hybridized carbons (Fsp3) is 0.133. The standard InChI is InChI=1S/C15H12N5/c1-18-13-6-11-8-17-4-5-19(11)15(13)20-9-10-7-16-3-2-12(10)14(18)20/h2-8H,9H2,1H3/q+1/i1D3. The van der Waals surface area contributed by atoms with Crippen LogP contribution in [0.2, 0.25) is 0 Å². The zero-order chi connectivity index (χ0) is 15.8. The molecule has 0 saturated heterocycles. The summed E-state index contributed by atoms with van der Waals surface area (Å²) in [4.78, 5) is 8.28. The molecule has 0 amide bonds. The third-order valence-corrected chi connectivity index (χ3v) is 3.97. The van der Waals surface area contributed by atoms with Crippen LogP contribution in [-0.4, -0.2) is 18.9 Å². The van der Waals surface area contributed by atoms with E-state index in [1.165, 1.54) is 4.57 Å². The molecule has 5 rings (SSSR count). The lowest BCUT2D eigenvalue weighted by Gasteiger charge is -1.95. The van der Waals surface area contributed by atoms with E-state index in [0.29, 0.717) is 17.9 Å². The Balaban J connectivity index is 2.01. The number of aryl methyl sites for hydroxylation is 1. The van der Waals surface area contributed by atoms with Crippen LogP contribution in [0.15, 0.2) is 43.1 Å². The highest BCUT2D eigenvalue weighted by atomic mass is 15.2. The Hall–Kier alpha value is -2.69. The summed E-state index contributed by atoms with van der Waals surface area (Å²) in [5, 5.41) is 0. The van der Waals surface area contributed by atoms with Crippen LogP contribution in [0, 0.1) is 0 Å². The summed E-state index contributed by atoms with van der Waals surface area (Å²) in [5.41, 5.74) is 4.39. The molecule has 0 saturated carbocycles. The first-order valence-electron chi connectivity index (χ1n) is 7.89. The minimum atomic E-state index is -2.26. The fourth-order valence-corrected chi connectivity index (χ4v) is 3.13. The molecule has 5 heteroatoms. The van der Waals surface area contributed by atoms with Crippen molar-refractivity contribution >= 4 is 16.7 Å². The topological polar surface area (TPSA) is 39.0 Å². The van der Waals surface area contributed by atoms with Crippen molar-refractivity contribution in [2.24, 2.45) is 6.98 Å². The Bertz CT molecular complexity index is 1090. The molecule has 0 fully saturated rings. The van der Waals surface area contributed by atoms with Gasteiger partial charge in [0.1, 0.15) is 5.52 Å². The molecule has 20 heavy (non-hydrogen) atoms. The van der Waals surface area contributed by atoms with E-state index < -0.39 is 6.98 Å². The molecule has 0 aromatic carbocycles. The second-order valence-electron chi connectivity index (χ2n) is 5.00. The Morgan fingerprint density at radius 3 is 3.20 bits per heavy atom. The van der Waals surface area contributed by atoms with Crippen molar-refractivity contribution in [3.63, 3.8) is 0 Å². The van der Waals surface area contributed by atoms with E-state index in [9.17, 15) is 0 Å². The van der Waals surface area contributed by atoms with Gasteiger partial charge in [-0.3, -0.25) is 14.5 Å². The molecule has 1 aliphatic rings. The molecule has 0 radical (unpaired) electrons. The number of rotatable bonds is 0. The maximum absolute atomic E-state index is 8.00. The highest BCUT2D eigenvalue weighted by Gasteiger charge is 2.32. The van der Waals surface area contributed by atoms with Crippen LogP contribution >= 0.6 is 0 Å². The first-order valence-corrected chi connectivity index (χ1v) is 6.39. The van der Waals surface area contributed by atoms with Gasteiger partial charge in [-0.1, -0.05) is 0 Å². The number of pyridine rings is 1. The van der Waals surface area contributed by atoms with Gasteiger partial charge >= 0.3 is 0 Å². The van der Waals surface area contributed by atoms with Crippen LogP contribution in [0.3, 0.4) is 0 Å². The lowest BCUT2D eigenvalue weighted by Crippen LogP contribution is -2.32. The van der Waals surface area contributed by atoms with Gasteiger partial charge in [-0.15, -0.1) is 0 Å². The quantitative estimate of drug-likeness (QED) is 0.398. The average Bonchev–Trinajstić information content (AvgIpc) is 3.12. The van der Waals surface area contributed by atoms with Crippen molar-refractivity contribution in [3.05, 3.63) is 48.7 Å². The minimum absolute atomic E-state index is 0.618. The zero-order valence-electron chi connectivity index (χ0n) is 13.5. The van der Waals surface area contributed by atoms with Crippen molar-refractivity contribution in [2.75, 3.05) is 0 Å². The van der Waals surface area contributed by atoms with Crippen molar-refractivity contribution in [2.45, 2.75) is 6.54 Å². The van der Waals surface area contributed by atoms with Gasteiger partial charge in [-0.05, 0) is 6.07 Å². The molecule has 4 aromatic heterocycles. The number of hydrogen-bond acceptors (Lipinski definition) is 2. The van der Waals surface area contributed by atoms with Gasteiger partial charge in [0.2, 0.25) is 5.82 Å². The van der Waals surface area contributed by atoms with Crippen LogP contribution in [0.4, 0.5) is 0 Å². The highest BCUT2D eigenvalue weighted by Crippen LogP contribution is 2.31. The molecule has 1 aliphatic heterocycles. The molecule has 0 bridgehead atoms. The number of imidazole rings is 1. The molecule has 0 aliphatic carbocycles. The molecule has 5 heterocycles. The summed E-state index contributed by atoms with van der Waals surface area (Å²) in [7, 11) is 0. The van der Waals surface area contributed by atoms with Crippen LogP contribution in [0.25, 0.3) is 28.1 Å². The minimum Gasteiger partial charge on any atom is -0.264 e. The highest BCUT2D eigenvalue weighted by molar-refractivity contribution is 5.82. The van der Waals surface area contributed by atoms with E-state index in [1.54, 1.807) is 24.8 Å². The number of nitrogens with zero attached hydrogens (tertiary/aromatic N) is 5. The molecule has 0 unspecified atom stereocenters. The molecular formula is C15H12N5+. The van der Waals surface area contributed by atoms with Crippen molar-refractivity contribution in [3.8, 4) is 11.4 Å². The lowest BCUT2D eigenvalue weighted by atomic mass is 10.2. The van der Waals surface area contributed by atoms with Crippen LogP contribution in [0.5, 0.6) is 0 Å². The van der Waals surface area contributed by atoms with E-state index in [1.807, 2.05) is 27.3 Å². The summed E-state index contributed by atoms with van der Waals surface area (Å²) in [6, 6.07) is 3.75. The SMILES string of the molecule is [2H]C([2H])([2H])n1c2[n+](c3c1cc1cnccn13)Cc1cnccc1-2. The van der Waals surface area contributed by atoms with Gasteiger partial charge in [-0.25, -0.2) is 8.97 Å². The Morgan fingerprint density at radius 1 is 1.30 bits per heavy atom. The Kier molecular flexibility index (Phi) is 1.27. The monoisotopic (exact) mass is 265 g/mol. The summed E-state index contributed by atoms with van der Waals surface area (Å²) < 4.78 is 29.5. The van der Waals surface area contributed by atoms with Gasteiger partial charge in [0.25, 0.3) is 5.65 Å². The first kappa shape index (κ1) is 7.79. The smallest absolute Gasteiger partial charge is 0.264 e. The van der Waals surface area contributed by atoms with Crippen LogP contribution < -0.4 is 4.57 Å². The van der Waals surface area contributed by atoms with Crippen molar-refractivity contribution in [1.29, 1.82) is 0 Å². The van der Waals surface area contributed by atoms with Gasteiger partial charge in [0.15, 0.2) is 5.52 Å². The summed E-state index contributed by atoms with van der Waals surface area (Å²) in [5.74, 6) is 0.707. The van der Waals surface area contributed by atoms with Gasteiger partial charge in [0, 0.05) is 24.0 Å². The Morgan fingerprint density at radius 2 is 2.25 bits per heavy atom. The Labute approximate surface area is 119 Å². The number of fused-ring (bicyclic) bond motifs is 7. The molecule has 96 valence electrons. The largest absolute Gasteiger partial charge is 0.273 e. The molecule has 0 spiro atoms. The zero-order valence-corrected chi connectivity index (χ0v) is 10.5. The number of aromatic nitrogens is 5. The van der Waals surface area contributed by atoms with E-state index in [-0.39, 0.29) is 0 Å². The van der Waals surface area contributed by atoms with Crippen molar-refractivity contribution < 1.29 is 8.68 Å². The van der Waals surface area contributed by atoms with Crippen LogP contribution in [-0.2, 0) is 13.5 Å². The van der Waals surface area contributed by atoms with E-state index in [0.717, 1.165) is 22.3 Å². The average molecular weight is 265 g/mol. The molecule has 0 atom stereocenters. The van der Waals surface area contributed by atoms with E-state index >= 15 is 0 Å². The summed E-state index contributed by atoms with van der Waals surface area (Å²) >= 11 is 0. The van der Waals surface area contributed by atoms with E-state index in [2.05, 4.69) is 9.97 Å². The molecule has 0 N–H and O–H groups in total. The third kappa shape index (κ3) is 1.02. The summed E-state index contributed by atoms with van der Waals surface area (Å²) in [6.45, 7) is -1.64. The second kappa shape index (κ2) is 3.25.